The largest absolute Gasteiger partial charge is 0.378 e. The molecule has 0 bridgehead atoms. The molecule has 0 saturated carbocycles. The molecule has 6 rings (SSSR count). The zero-order valence-electron chi connectivity index (χ0n) is 22.4. The van der Waals surface area contributed by atoms with E-state index in [-0.39, 0.29) is 0 Å². The Hall–Kier alpha value is -3.67. The molecule has 3 aromatic carbocycles. The fourth-order valence-electron chi connectivity index (χ4n) is 5.69. The van der Waals surface area contributed by atoms with Crippen molar-refractivity contribution in [3.05, 3.63) is 107 Å². The number of ether oxygens (including phenoxy) is 2. The molecule has 0 atom stereocenters. The third kappa shape index (κ3) is 4.92. The van der Waals surface area contributed by atoms with E-state index in [4.69, 9.17) is 9.47 Å². The van der Waals surface area contributed by atoms with E-state index in [1.54, 1.807) is 0 Å². The third-order valence-electron chi connectivity index (χ3n) is 7.72. The molecule has 2 fully saturated rings. The summed E-state index contributed by atoms with van der Waals surface area (Å²) in [5, 5.41) is 0. The van der Waals surface area contributed by atoms with Gasteiger partial charge in [0, 0.05) is 43.6 Å². The first-order chi connectivity index (χ1) is 18.7. The van der Waals surface area contributed by atoms with Crippen LogP contribution >= 0.6 is 0 Å². The van der Waals surface area contributed by atoms with Crippen molar-refractivity contribution in [1.82, 2.24) is 0 Å². The maximum atomic E-state index is 5.56. The lowest BCUT2D eigenvalue weighted by atomic mass is 9.83. The summed E-state index contributed by atoms with van der Waals surface area (Å²) in [6.45, 7) is 6.92. The Morgan fingerprint density at radius 2 is 1.08 bits per heavy atom. The second-order valence-corrected chi connectivity index (χ2v) is 10.2. The molecule has 38 heavy (non-hydrogen) atoms. The number of rotatable bonds is 4. The van der Waals surface area contributed by atoms with Crippen LogP contribution in [0.15, 0.2) is 84.9 Å². The van der Waals surface area contributed by atoms with Crippen LogP contribution in [-0.2, 0) is 9.47 Å². The minimum absolute atomic E-state index is 0.791. The lowest BCUT2D eigenvalue weighted by Gasteiger charge is -2.29. The second kappa shape index (κ2) is 11.0. The van der Waals surface area contributed by atoms with Crippen LogP contribution in [0.4, 0.5) is 11.4 Å². The number of allylic oxidation sites excluding steroid dienone is 3. The SMILES string of the molecule is C[N+](C)=C1C=CC(=C(c2ccc(N3CCOCC3)cc2)c2ccc(N3CCOCC3)cc2)c2ccccc21. The fraction of sp³-hybridized carbons (Fsp3) is 0.303. The number of nitrogens with zero attached hydrogens (tertiary/aromatic N) is 3. The van der Waals surface area contributed by atoms with Gasteiger partial charge in [-0.1, -0.05) is 42.5 Å². The molecule has 5 heteroatoms. The van der Waals surface area contributed by atoms with E-state index in [0.717, 1.165) is 52.6 Å². The van der Waals surface area contributed by atoms with Gasteiger partial charge in [0.25, 0.3) is 0 Å². The Bertz CT molecular complexity index is 1310. The van der Waals surface area contributed by atoms with E-state index < -0.39 is 0 Å². The summed E-state index contributed by atoms with van der Waals surface area (Å²) in [6.07, 6.45) is 4.54. The van der Waals surface area contributed by atoms with E-state index >= 15 is 0 Å². The average Bonchev–Trinajstić information content (AvgIpc) is 2.99. The molecule has 0 amide bonds. The van der Waals surface area contributed by atoms with Crippen LogP contribution in [0.1, 0.15) is 22.3 Å². The van der Waals surface area contributed by atoms with E-state index in [1.165, 1.54) is 50.5 Å². The van der Waals surface area contributed by atoms with E-state index in [2.05, 4.69) is 113 Å². The third-order valence-corrected chi connectivity index (χ3v) is 7.72. The number of benzene rings is 3. The molecule has 0 spiro atoms. The molecule has 1 aliphatic carbocycles. The Kier molecular flexibility index (Phi) is 7.12. The van der Waals surface area contributed by atoms with Gasteiger partial charge in [0.15, 0.2) is 0 Å². The summed E-state index contributed by atoms with van der Waals surface area (Å²) in [6, 6.07) is 26.9. The first-order valence-electron chi connectivity index (χ1n) is 13.6. The van der Waals surface area contributed by atoms with Gasteiger partial charge in [-0.25, -0.2) is 4.58 Å². The summed E-state index contributed by atoms with van der Waals surface area (Å²) >= 11 is 0. The van der Waals surface area contributed by atoms with Crippen LogP contribution in [0.25, 0.3) is 11.1 Å². The maximum Gasteiger partial charge on any atom is 0.207 e. The van der Waals surface area contributed by atoms with E-state index in [9.17, 15) is 0 Å². The Morgan fingerprint density at radius 1 is 0.605 bits per heavy atom. The number of morpholine rings is 2. The van der Waals surface area contributed by atoms with Crippen LogP contribution < -0.4 is 9.80 Å². The molecule has 0 aromatic heterocycles. The van der Waals surface area contributed by atoms with Gasteiger partial charge in [0.2, 0.25) is 5.71 Å². The van der Waals surface area contributed by atoms with Crippen LogP contribution in [0.5, 0.6) is 0 Å². The van der Waals surface area contributed by atoms with Gasteiger partial charge in [-0.3, -0.25) is 0 Å². The molecule has 2 heterocycles. The van der Waals surface area contributed by atoms with Crippen LogP contribution in [0.3, 0.4) is 0 Å². The van der Waals surface area contributed by atoms with E-state index in [0.29, 0.717) is 0 Å². The van der Waals surface area contributed by atoms with E-state index in [1.807, 2.05) is 0 Å². The normalized spacial score (nSPS) is 17.4. The Morgan fingerprint density at radius 3 is 1.55 bits per heavy atom. The smallest absolute Gasteiger partial charge is 0.207 e. The zero-order valence-corrected chi connectivity index (χ0v) is 22.4. The first-order valence-corrected chi connectivity index (χ1v) is 13.6. The Labute approximate surface area is 225 Å². The van der Waals surface area contributed by atoms with Crippen molar-refractivity contribution >= 4 is 28.2 Å². The topological polar surface area (TPSA) is 27.9 Å². The predicted octanol–water partition coefficient (Wildman–Crippen LogP) is 4.95. The monoisotopic (exact) mass is 506 g/mol. The maximum absolute atomic E-state index is 5.56. The summed E-state index contributed by atoms with van der Waals surface area (Å²) in [5.41, 5.74) is 11.2. The second-order valence-electron chi connectivity index (χ2n) is 10.2. The molecule has 2 saturated heterocycles. The molecule has 0 radical (unpaired) electrons. The van der Waals surface area contributed by atoms with Crippen molar-refractivity contribution in [3.8, 4) is 0 Å². The quantitative estimate of drug-likeness (QED) is 0.468. The van der Waals surface area contributed by atoms with Gasteiger partial charge in [-0.15, -0.1) is 0 Å². The minimum Gasteiger partial charge on any atom is -0.378 e. The van der Waals surface area contributed by atoms with Crippen molar-refractivity contribution in [2.75, 3.05) is 76.5 Å². The molecular weight excluding hydrogens is 470 g/mol. The number of anilines is 2. The number of hydrogen-bond acceptors (Lipinski definition) is 4. The summed E-state index contributed by atoms with van der Waals surface area (Å²) in [7, 11) is 4.22. The molecule has 0 unspecified atom stereocenters. The van der Waals surface area contributed by atoms with Crippen molar-refractivity contribution in [3.63, 3.8) is 0 Å². The standard InChI is InChI=1S/C33H36N3O2/c1-34(2)32-16-15-31(29-5-3-4-6-30(29)32)33(25-7-11-27(12-8-25)35-17-21-37-22-18-35)26-9-13-28(14-10-26)36-19-23-38-24-20-36/h3-16H,17-24H2,1-2H3/q+1. The van der Waals surface area contributed by atoms with Crippen molar-refractivity contribution in [1.29, 1.82) is 0 Å². The lowest BCUT2D eigenvalue weighted by Crippen LogP contribution is -2.36. The van der Waals surface area contributed by atoms with Gasteiger partial charge in [0.1, 0.15) is 14.1 Å². The van der Waals surface area contributed by atoms with Crippen LogP contribution in [-0.4, -0.2) is 77.0 Å². The van der Waals surface area contributed by atoms with Crippen molar-refractivity contribution in [2.45, 2.75) is 0 Å². The average molecular weight is 507 g/mol. The summed E-state index contributed by atoms with van der Waals surface area (Å²) in [5.74, 6) is 0. The zero-order chi connectivity index (χ0) is 25.9. The van der Waals surface area contributed by atoms with Crippen molar-refractivity contribution < 1.29 is 14.0 Å². The molecule has 194 valence electrons. The Balaban J connectivity index is 1.46. The minimum atomic E-state index is 0.791. The number of hydrogen-bond donors (Lipinski definition) is 0. The molecule has 5 nitrogen and oxygen atoms in total. The van der Waals surface area contributed by atoms with Gasteiger partial charge < -0.3 is 19.3 Å². The highest BCUT2D eigenvalue weighted by atomic mass is 16.5. The van der Waals surface area contributed by atoms with Gasteiger partial charge in [-0.05, 0) is 64.2 Å². The van der Waals surface area contributed by atoms with Crippen molar-refractivity contribution in [2.24, 2.45) is 0 Å². The van der Waals surface area contributed by atoms with Gasteiger partial charge in [-0.2, -0.15) is 0 Å². The molecule has 3 aliphatic rings. The lowest BCUT2D eigenvalue weighted by molar-refractivity contribution is -0.463. The highest BCUT2D eigenvalue weighted by Gasteiger charge is 2.23. The van der Waals surface area contributed by atoms with Gasteiger partial charge >= 0.3 is 0 Å². The highest BCUT2D eigenvalue weighted by molar-refractivity contribution is 6.17. The molecular formula is C33H36N3O2+. The van der Waals surface area contributed by atoms with Crippen LogP contribution in [0, 0.1) is 0 Å². The summed E-state index contributed by atoms with van der Waals surface area (Å²) < 4.78 is 13.3. The summed E-state index contributed by atoms with van der Waals surface area (Å²) in [4.78, 5) is 4.82. The molecule has 3 aromatic rings. The molecule has 2 aliphatic heterocycles. The highest BCUT2D eigenvalue weighted by Crippen LogP contribution is 2.38. The van der Waals surface area contributed by atoms with Gasteiger partial charge in [0.05, 0.1) is 32.0 Å². The predicted molar refractivity (Wildman–Crippen MR) is 157 cm³/mol. The first kappa shape index (κ1) is 24.7. The fourth-order valence-corrected chi connectivity index (χ4v) is 5.69. The number of fused-ring (bicyclic) bond motifs is 1. The van der Waals surface area contributed by atoms with Crippen LogP contribution in [0.2, 0.25) is 0 Å². The molecule has 0 N–H and O–H groups in total.